The first-order valence-corrected chi connectivity index (χ1v) is 5.89. The van der Waals surface area contributed by atoms with Gasteiger partial charge in [0, 0.05) is 40.8 Å². The van der Waals surface area contributed by atoms with Gasteiger partial charge in [0.05, 0.1) is 0 Å². The standard InChI is InChI=1S/Al.3ClH.Nd/h;3*1H;/q+3;;;;/p-3. The fraction of sp³-hybridized carbons (Fsp3) is 0. The van der Waals surface area contributed by atoms with E-state index in [-0.39, 0.29) is 40.8 Å². The van der Waals surface area contributed by atoms with E-state index in [0.29, 0.717) is 0 Å². The van der Waals surface area contributed by atoms with Gasteiger partial charge in [0.25, 0.3) is 0 Å². The van der Waals surface area contributed by atoms with Crippen LogP contribution in [0.3, 0.4) is 0 Å². The first kappa shape index (κ1) is 10.7. The minimum atomic E-state index is -1.72. The molecule has 0 bridgehead atoms. The van der Waals surface area contributed by atoms with Crippen molar-refractivity contribution in [1.29, 1.82) is 0 Å². The summed E-state index contributed by atoms with van der Waals surface area (Å²) in [5.74, 6) is 0. The summed E-state index contributed by atoms with van der Waals surface area (Å²) in [7, 11) is 14.8. The van der Waals surface area contributed by atoms with Crippen LogP contribution in [0.5, 0.6) is 0 Å². The minimum Gasteiger partial charge on any atom is -0.214 e. The molecule has 0 fully saturated rings. The molecule has 0 saturated heterocycles. The van der Waals surface area contributed by atoms with Gasteiger partial charge in [-0.15, -0.1) is 0 Å². The average Bonchev–Trinajstić information content (AvgIpc) is 0.811. The van der Waals surface area contributed by atoms with Crippen molar-refractivity contribution in [3.63, 3.8) is 0 Å². The zero-order valence-electron chi connectivity index (χ0n) is 2.21. The maximum atomic E-state index is 4.94. The zero-order valence-corrected chi connectivity index (χ0v) is 8.84. The van der Waals surface area contributed by atoms with Crippen molar-refractivity contribution in [2.75, 3.05) is 0 Å². The summed E-state index contributed by atoms with van der Waals surface area (Å²) in [6, 6.07) is 0. The Morgan fingerprint density at radius 2 is 1.00 bits per heavy atom. The van der Waals surface area contributed by atoms with Crippen LogP contribution in [0.25, 0.3) is 0 Å². The second-order valence-electron chi connectivity index (χ2n) is 0.247. The zero-order chi connectivity index (χ0) is 3.58. The van der Waals surface area contributed by atoms with Gasteiger partial charge < -0.3 is 0 Å². The van der Waals surface area contributed by atoms with E-state index in [2.05, 4.69) is 0 Å². The van der Waals surface area contributed by atoms with Gasteiger partial charge in [-0.2, -0.15) is 0 Å². The summed E-state index contributed by atoms with van der Waals surface area (Å²) < 4.78 is 0. The molecule has 0 aliphatic carbocycles. The Hall–Kier alpha value is 2.75. The van der Waals surface area contributed by atoms with Gasteiger partial charge in [-0.25, -0.2) is 30.1 Å². The SMILES string of the molecule is [Cl][Al]([Cl])[Cl].[Nd]. The number of halogens is 3. The molecule has 0 heterocycles. The molecule has 0 saturated carbocycles. The Morgan fingerprint density at radius 3 is 1.00 bits per heavy atom. The number of hydrogen-bond acceptors (Lipinski definition) is 0. The molecule has 5 heavy (non-hydrogen) atoms. The molecule has 0 amide bonds. The Morgan fingerprint density at radius 1 is 1.00 bits per heavy atom. The fourth-order valence-electron chi connectivity index (χ4n) is 0. The molecule has 0 aliphatic heterocycles. The third kappa shape index (κ3) is 20.1. The molecule has 0 aromatic heterocycles. The van der Waals surface area contributed by atoms with Crippen molar-refractivity contribution >= 4 is 41.5 Å². The largest absolute Gasteiger partial charge is 0.643 e. The van der Waals surface area contributed by atoms with Crippen molar-refractivity contribution in [2.24, 2.45) is 0 Å². The molecule has 0 aromatic rings. The summed E-state index contributed by atoms with van der Waals surface area (Å²) >= 11 is -1.72. The van der Waals surface area contributed by atoms with E-state index in [1.807, 2.05) is 0 Å². The molecular weight excluding hydrogens is 278 g/mol. The predicted molar refractivity (Wildman–Crippen MR) is 23.3 cm³/mol. The third-order valence-corrected chi connectivity index (χ3v) is 0. The van der Waals surface area contributed by atoms with Crippen LogP contribution in [0, 0.1) is 40.8 Å². The summed E-state index contributed by atoms with van der Waals surface area (Å²) in [6.07, 6.45) is 0. The van der Waals surface area contributed by atoms with Crippen molar-refractivity contribution < 1.29 is 40.8 Å². The van der Waals surface area contributed by atoms with Crippen LogP contribution in [0.2, 0.25) is 0 Å². The molecule has 5 heteroatoms. The van der Waals surface area contributed by atoms with E-state index in [1.165, 1.54) is 0 Å². The predicted octanol–water partition coefficient (Wildman–Crippen LogP) is 1.69. The van der Waals surface area contributed by atoms with E-state index in [4.69, 9.17) is 30.1 Å². The van der Waals surface area contributed by atoms with E-state index in [0.717, 1.165) is 0 Å². The molecule has 0 N–H and O–H groups in total. The first-order valence-electron chi connectivity index (χ1n) is 0.655. The second kappa shape index (κ2) is 6.75. The summed E-state index contributed by atoms with van der Waals surface area (Å²) in [5, 5.41) is 0. The quantitative estimate of drug-likeness (QED) is 0.591. The van der Waals surface area contributed by atoms with Gasteiger partial charge in [0.2, 0.25) is 0 Å². The Labute approximate surface area is 80.7 Å². The van der Waals surface area contributed by atoms with Gasteiger partial charge in [-0.1, -0.05) is 0 Å². The van der Waals surface area contributed by atoms with E-state index < -0.39 is 11.4 Å². The smallest absolute Gasteiger partial charge is 0.214 e. The Balaban J connectivity index is 0. The van der Waals surface area contributed by atoms with Crippen LogP contribution < -0.4 is 0 Å². The average molecular weight is 278 g/mol. The monoisotopic (exact) mass is 274 g/mol. The molecule has 0 nitrogen and oxygen atoms in total. The van der Waals surface area contributed by atoms with Gasteiger partial charge in [0.15, 0.2) is 0 Å². The molecule has 0 aliphatic rings. The molecular formula is AlCl3Nd. The molecule has 0 spiro atoms. The molecule has 0 radical (unpaired) electrons. The Bertz CT molecular complexity index is 11.6. The Kier molecular flexibility index (Phi) is 14.4. The van der Waals surface area contributed by atoms with Crippen molar-refractivity contribution in [3.05, 3.63) is 0 Å². The topological polar surface area (TPSA) is 0 Å². The minimum absolute atomic E-state index is 0. The maximum Gasteiger partial charge on any atom is 0.643 e. The van der Waals surface area contributed by atoms with Gasteiger partial charge in [-0.05, 0) is 0 Å². The second-order valence-corrected chi connectivity index (χ2v) is 6.68. The van der Waals surface area contributed by atoms with Gasteiger partial charge in [-0.3, -0.25) is 0 Å². The van der Waals surface area contributed by atoms with Crippen molar-refractivity contribution in [1.82, 2.24) is 0 Å². The molecule has 0 rings (SSSR count). The number of rotatable bonds is 0. The molecule has 28 valence electrons. The van der Waals surface area contributed by atoms with Crippen LogP contribution >= 0.6 is 30.1 Å². The van der Waals surface area contributed by atoms with Crippen molar-refractivity contribution in [2.45, 2.75) is 0 Å². The summed E-state index contributed by atoms with van der Waals surface area (Å²) in [5.41, 5.74) is 0. The molecule has 0 atom stereocenters. The van der Waals surface area contributed by atoms with Crippen LogP contribution in [-0.2, 0) is 0 Å². The normalized spacial score (nSPS) is 5.40. The molecule has 0 aromatic carbocycles. The number of hydrogen-bond donors (Lipinski definition) is 0. The third-order valence-electron chi connectivity index (χ3n) is 0. The van der Waals surface area contributed by atoms with Crippen LogP contribution in [0.4, 0.5) is 0 Å². The maximum absolute atomic E-state index is 4.94. The van der Waals surface area contributed by atoms with E-state index in [9.17, 15) is 0 Å². The van der Waals surface area contributed by atoms with Crippen molar-refractivity contribution in [3.8, 4) is 0 Å². The summed E-state index contributed by atoms with van der Waals surface area (Å²) in [6.45, 7) is 0. The van der Waals surface area contributed by atoms with E-state index in [1.54, 1.807) is 0 Å². The fourth-order valence-corrected chi connectivity index (χ4v) is 0. The van der Waals surface area contributed by atoms with E-state index >= 15 is 0 Å². The van der Waals surface area contributed by atoms with Crippen LogP contribution in [-0.4, -0.2) is 11.4 Å². The molecule has 0 unspecified atom stereocenters. The van der Waals surface area contributed by atoms with Crippen LogP contribution in [0.15, 0.2) is 0 Å². The van der Waals surface area contributed by atoms with Gasteiger partial charge in [0.1, 0.15) is 0 Å². The summed E-state index contributed by atoms with van der Waals surface area (Å²) in [4.78, 5) is 0. The first-order chi connectivity index (χ1) is 1.73. The van der Waals surface area contributed by atoms with Crippen LogP contribution in [0.1, 0.15) is 0 Å². The van der Waals surface area contributed by atoms with Gasteiger partial charge >= 0.3 is 11.4 Å².